The van der Waals surface area contributed by atoms with Crippen molar-refractivity contribution in [3.8, 4) is 0 Å². The van der Waals surface area contributed by atoms with E-state index in [9.17, 15) is 4.79 Å². The summed E-state index contributed by atoms with van der Waals surface area (Å²) >= 11 is 0. The molecule has 1 aliphatic rings. The smallest absolute Gasteiger partial charge is 0.256 e. The van der Waals surface area contributed by atoms with E-state index in [0.717, 1.165) is 48.6 Å². The summed E-state index contributed by atoms with van der Waals surface area (Å²) in [5.74, 6) is 1.19. The predicted molar refractivity (Wildman–Crippen MR) is 130 cm³/mol. The lowest BCUT2D eigenvalue weighted by atomic mass is 9.87. The van der Waals surface area contributed by atoms with Crippen molar-refractivity contribution in [2.75, 3.05) is 13.1 Å². The third-order valence-electron chi connectivity index (χ3n) is 6.61. The standard InChI is InChI=1S/C27H34N4O/c1-19-10-12-24(13-11-19)27(28-14-15-29-27)17-20(2)16-25-30-22(4)21(3)26(32)31(25)18-23-8-6-5-7-9-23/h5-13,20,28-29H,14-18H2,1-4H3/t20-/m0/s1. The highest BCUT2D eigenvalue weighted by atomic mass is 16.1. The fraction of sp³-hybridized carbons (Fsp3) is 0.407. The first-order valence-electron chi connectivity index (χ1n) is 11.6. The molecule has 0 radical (unpaired) electrons. The van der Waals surface area contributed by atoms with Gasteiger partial charge in [-0.15, -0.1) is 0 Å². The van der Waals surface area contributed by atoms with Crippen LogP contribution in [0.3, 0.4) is 0 Å². The Hall–Kier alpha value is -2.76. The van der Waals surface area contributed by atoms with Gasteiger partial charge >= 0.3 is 0 Å². The first kappa shape index (κ1) is 22.4. The summed E-state index contributed by atoms with van der Waals surface area (Å²) in [5, 5.41) is 7.42. The molecule has 1 aliphatic heterocycles. The van der Waals surface area contributed by atoms with Gasteiger partial charge in [0, 0.05) is 30.8 Å². The van der Waals surface area contributed by atoms with Crippen LogP contribution in [0.4, 0.5) is 0 Å². The molecule has 2 aromatic carbocycles. The van der Waals surface area contributed by atoms with E-state index in [2.05, 4.69) is 60.9 Å². The zero-order valence-electron chi connectivity index (χ0n) is 19.6. The Bertz CT molecular complexity index is 1110. The molecule has 1 atom stereocenters. The van der Waals surface area contributed by atoms with E-state index < -0.39 is 0 Å². The molecule has 0 amide bonds. The lowest BCUT2D eigenvalue weighted by Gasteiger charge is -2.33. The van der Waals surface area contributed by atoms with Crippen LogP contribution in [-0.4, -0.2) is 22.6 Å². The fourth-order valence-corrected chi connectivity index (χ4v) is 4.72. The van der Waals surface area contributed by atoms with Gasteiger partial charge in [-0.05, 0) is 44.2 Å². The van der Waals surface area contributed by atoms with Crippen molar-refractivity contribution in [1.29, 1.82) is 0 Å². The first-order valence-corrected chi connectivity index (χ1v) is 11.6. The van der Waals surface area contributed by atoms with E-state index in [1.54, 1.807) is 0 Å². The Morgan fingerprint density at radius 3 is 2.31 bits per heavy atom. The van der Waals surface area contributed by atoms with E-state index in [1.807, 2.05) is 36.6 Å². The summed E-state index contributed by atoms with van der Waals surface area (Å²) in [6, 6.07) is 18.9. The van der Waals surface area contributed by atoms with Crippen LogP contribution in [0, 0.1) is 26.7 Å². The molecule has 1 aromatic heterocycles. The quantitative estimate of drug-likeness (QED) is 0.598. The molecule has 0 saturated carbocycles. The summed E-state index contributed by atoms with van der Waals surface area (Å²) in [7, 11) is 0. The van der Waals surface area contributed by atoms with Crippen LogP contribution in [0.1, 0.15) is 47.1 Å². The molecular formula is C27H34N4O. The molecule has 1 fully saturated rings. The second-order valence-electron chi connectivity index (χ2n) is 9.25. The van der Waals surface area contributed by atoms with Gasteiger partial charge in [-0.1, -0.05) is 67.1 Å². The first-order chi connectivity index (χ1) is 15.4. The average molecular weight is 431 g/mol. The second-order valence-corrected chi connectivity index (χ2v) is 9.25. The van der Waals surface area contributed by atoms with E-state index >= 15 is 0 Å². The van der Waals surface area contributed by atoms with Gasteiger partial charge in [-0.2, -0.15) is 0 Å². The molecule has 168 valence electrons. The summed E-state index contributed by atoms with van der Waals surface area (Å²) in [6.45, 7) is 10.6. The molecule has 5 nitrogen and oxygen atoms in total. The Kier molecular flexibility index (Phi) is 6.58. The zero-order chi connectivity index (χ0) is 22.7. The fourth-order valence-electron chi connectivity index (χ4n) is 4.72. The largest absolute Gasteiger partial charge is 0.294 e. The van der Waals surface area contributed by atoms with Gasteiger partial charge in [-0.3, -0.25) is 20.0 Å². The maximum absolute atomic E-state index is 13.2. The Morgan fingerprint density at radius 2 is 1.66 bits per heavy atom. The minimum atomic E-state index is -0.239. The second kappa shape index (κ2) is 9.39. The van der Waals surface area contributed by atoms with Crippen molar-refractivity contribution in [3.05, 3.63) is 98.7 Å². The maximum Gasteiger partial charge on any atom is 0.256 e. The predicted octanol–water partition coefficient (Wildman–Crippen LogP) is 3.83. The number of benzene rings is 2. The molecule has 0 unspecified atom stereocenters. The van der Waals surface area contributed by atoms with Crippen LogP contribution in [0.25, 0.3) is 0 Å². The lowest BCUT2D eigenvalue weighted by molar-refractivity contribution is 0.263. The van der Waals surface area contributed by atoms with Gasteiger partial charge in [0.25, 0.3) is 5.56 Å². The minimum absolute atomic E-state index is 0.0638. The lowest BCUT2D eigenvalue weighted by Crippen LogP contribution is -2.47. The van der Waals surface area contributed by atoms with Crippen LogP contribution < -0.4 is 16.2 Å². The molecule has 0 bridgehead atoms. The van der Waals surface area contributed by atoms with E-state index in [-0.39, 0.29) is 11.2 Å². The van der Waals surface area contributed by atoms with Crippen molar-refractivity contribution in [1.82, 2.24) is 20.2 Å². The molecule has 2 N–H and O–H groups in total. The van der Waals surface area contributed by atoms with Crippen molar-refractivity contribution in [2.45, 2.75) is 52.7 Å². The van der Waals surface area contributed by atoms with Crippen LogP contribution in [0.5, 0.6) is 0 Å². The number of nitrogens with one attached hydrogen (secondary N) is 2. The average Bonchev–Trinajstić information content (AvgIpc) is 3.25. The summed E-state index contributed by atoms with van der Waals surface area (Å²) in [6.07, 6.45) is 1.67. The molecule has 2 heterocycles. The highest BCUT2D eigenvalue weighted by Gasteiger charge is 2.36. The molecule has 0 spiro atoms. The molecule has 32 heavy (non-hydrogen) atoms. The molecular weight excluding hydrogens is 396 g/mol. The maximum atomic E-state index is 13.2. The van der Waals surface area contributed by atoms with Gasteiger partial charge < -0.3 is 0 Å². The third-order valence-corrected chi connectivity index (χ3v) is 6.61. The number of hydrogen-bond donors (Lipinski definition) is 2. The zero-order valence-corrected chi connectivity index (χ0v) is 19.6. The molecule has 0 aliphatic carbocycles. The van der Waals surface area contributed by atoms with Crippen LogP contribution in [0.2, 0.25) is 0 Å². The molecule has 5 heteroatoms. The number of aryl methyl sites for hydroxylation is 2. The topological polar surface area (TPSA) is 59.0 Å². The number of nitrogens with zero attached hydrogens (tertiary/aromatic N) is 2. The van der Waals surface area contributed by atoms with Crippen molar-refractivity contribution in [3.63, 3.8) is 0 Å². The van der Waals surface area contributed by atoms with Gasteiger partial charge in [0.2, 0.25) is 0 Å². The molecule has 1 saturated heterocycles. The van der Waals surface area contributed by atoms with Crippen LogP contribution in [-0.2, 0) is 18.6 Å². The number of hydrogen-bond acceptors (Lipinski definition) is 4. The van der Waals surface area contributed by atoms with Crippen molar-refractivity contribution >= 4 is 0 Å². The molecule has 3 aromatic rings. The van der Waals surface area contributed by atoms with Crippen LogP contribution in [0.15, 0.2) is 59.4 Å². The SMILES string of the molecule is Cc1ccc(C2(C[C@@H](C)Cc3nc(C)c(C)c(=O)n3Cc3ccccc3)NCCN2)cc1. The molecule has 4 rings (SSSR count). The van der Waals surface area contributed by atoms with E-state index in [0.29, 0.717) is 12.5 Å². The third kappa shape index (κ3) is 4.69. The number of aromatic nitrogens is 2. The van der Waals surface area contributed by atoms with Gasteiger partial charge in [-0.25, -0.2) is 4.98 Å². The van der Waals surface area contributed by atoms with Crippen molar-refractivity contribution in [2.24, 2.45) is 5.92 Å². The van der Waals surface area contributed by atoms with Gasteiger partial charge in [0.15, 0.2) is 0 Å². The minimum Gasteiger partial charge on any atom is -0.294 e. The Labute approximate surface area is 190 Å². The highest BCUT2D eigenvalue weighted by molar-refractivity contribution is 5.29. The highest BCUT2D eigenvalue weighted by Crippen LogP contribution is 2.30. The number of rotatable bonds is 7. The monoisotopic (exact) mass is 430 g/mol. The van der Waals surface area contributed by atoms with Gasteiger partial charge in [0.05, 0.1) is 12.2 Å². The Morgan fingerprint density at radius 1 is 1.00 bits per heavy atom. The normalized spacial score (nSPS) is 16.2. The van der Waals surface area contributed by atoms with Crippen molar-refractivity contribution < 1.29 is 0 Å². The summed E-state index contributed by atoms with van der Waals surface area (Å²) in [4.78, 5) is 18.0. The Balaban J connectivity index is 1.61. The van der Waals surface area contributed by atoms with Gasteiger partial charge in [0.1, 0.15) is 5.82 Å². The van der Waals surface area contributed by atoms with E-state index in [4.69, 9.17) is 4.98 Å². The van der Waals surface area contributed by atoms with E-state index in [1.165, 1.54) is 11.1 Å². The van der Waals surface area contributed by atoms with Crippen LogP contribution >= 0.6 is 0 Å². The summed E-state index contributed by atoms with van der Waals surface area (Å²) < 4.78 is 1.86. The summed E-state index contributed by atoms with van der Waals surface area (Å²) in [5.41, 5.74) is 5.02.